The predicted molar refractivity (Wildman–Crippen MR) is 78.2 cm³/mol. The molecule has 0 unspecified atom stereocenters. The van der Waals surface area contributed by atoms with Crippen LogP contribution in [0.5, 0.6) is 0 Å². The molecule has 0 aliphatic heterocycles. The number of hydrogen-bond acceptors (Lipinski definition) is 4. The lowest BCUT2D eigenvalue weighted by Crippen LogP contribution is -1.94. The minimum Gasteiger partial charge on any atom is -0.349 e. The zero-order valence-corrected chi connectivity index (χ0v) is 11.0. The van der Waals surface area contributed by atoms with E-state index in [1.807, 2.05) is 18.2 Å². The molecule has 100 valence electrons. The van der Waals surface area contributed by atoms with E-state index in [2.05, 4.69) is 5.32 Å². The molecule has 1 heterocycles. The number of nitro groups is 1. The van der Waals surface area contributed by atoms with Crippen LogP contribution in [0.2, 0.25) is 0 Å². The first-order valence-corrected chi connectivity index (χ1v) is 6.65. The molecular formula is C14H9FN2O2S. The highest BCUT2D eigenvalue weighted by Crippen LogP contribution is 2.42. The van der Waals surface area contributed by atoms with Crippen molar-refractivity contribution in [3.05, 3.63) is 64.5 Å². The van der Waals surface area contributed by atoms with Gasteiger partial charge in [-0.1, -0.05) is 35.6 Å². The van der Waals surface area contributed by atoms with E-state index in [0.717, 1.165) is 21.4 Å². The minimum absolute atomic E-state index is 0.0236. The van der Waals surface area contributed by atoms with Gasteiger partial charge in [-0.15, -0.1) is 0 Å². The summed E-state index contributed by atoms with van der Waals surface area (Å²) in [6.07, 6.45) is 0. The van der Waals surface area contributed by atoms with Crippen LogP contribution in [0.25, 0.3) is 10.1 Å². The number of rotatable bonds is 3. The maximum Gasteiger partial charge on any atom is 0.348 e. The molecule has 0 amide bonds. The van der Waals surface area contributed by atoms with Crippen molar-refractivity contribution in [2.75, 3.05) is 5.32 Å². The molecule has 3 aromatic rings. The van der Waals surface area contributed by atoms with Crippen LogP contribution >= 0.6 is 11.3 Å². The molecule has 0 radical (unpaired) electrons. The van der Waals surface area contributed by atoms with Crippen molar-refractivity contribution in [1.29, 1.82) is 0 Å². The smallest absolute Gasteiger partial charge is 0.348 e. The van der Waals surface area contributed by atoms with Gasteiger partial charge in [0.25, 0.3) is 0 Å². The molecule has 0 bridgehead atoms. The molecule has 6 heteroatoms. The Morgan fingerprint density at radius 2 is 1.95 bits per heavy atom. The van der Waals surface area contributed by atoms with Gasteiger partial charge >= 0.3 is 5.00 Å². The third kappa shape index (κ3) is 2.21. The molecular weight excluding hydrogens is 279 g/mol. The van der Waals surface area contributed by atoms with Gasteiger partial charge in [0.15, 0.2) is 0 Å². The highest BCUT2D eigenvalue weighted by molar-refractivity contribution is 7.23. The van der Waals surface area contributed by atoms with Crippen molar-refractivity contribution < 1.29 is 9.31 Å². The number of nitrogens with one attached hydrogen (secondary N) is 1. The molecule has 20 heavy (non-hydrogen) atoms. The third-order valence-electron chi connectivity index (χ3n) is 2.84. The van der Waals surface area contributed by atoms with Crippen molar-refractivity contribution in [1.82, 2.24) is 0 Å². The Morgan fingerprint density at radius 3 is 2.70 bits per heavy atom. The van der Waals surface area contributed by atoms with E-state index in [0.29, 0.717) is 11.4 Å². The first-order valence-electron chi connectivity index (χ1n) is 5.83. The highest BCUT2D eigenvalue weighted by Gasteiger charge is 2.21. The molecule has 0 saturated carbocycles. The van der Waals surface area contributed by atoms with Crippen LogP contribution in [0.3, 0.4) is 0 Å². The molecule has 1 aromatic heterocycles. The Balaban J connectivity index is 2.14. The van der Waals surface area contributed by atoms with Crippen LogP contribution in [-0.4, -0.2) is 4.92 Å². The third-order valence-corrected chi connectivity index (χ3v) is 3.96. The summed E-state index contributed by atoms with van der Waals surface area (Å²) in [6, 6.07) is 13.1. The van der Waals surface area contributed by atoms with Gasteiger partial charge < -0.3 is 5.32 Å². The lowest BCUT2D eigenvalue weighted by molar-refractivity contribution is -0.379. The zero-order chi connectivity index (χ0) is 14.1. The number of hydrogen-bond donors (Lipinski definition) is 1. The Labute approximate surface area is 117 Å². The quantitative estimate of drug-likeness (QED) is 0.561. The number of fused-ring (bicyclic) bond motifs is 1. The van der Waals surface area contributed by atoms with Crippen molar-refractivity contribution in [2.24, 2.45) is 0 Å². The number of nitrogens with zero attached hydrogens (tertiary/aromatic N) is 1. The Hall–Kier alpha value is -2.47. The molecule has 0 aliphatic carbocycles. The maximum atomic E-state index is 13.2. The molecule has 0 spiro atoms. The van der Waals surface area contributed by atoms with E-state index >= 15 is 0 Å². The van der Waals surface area contributed by atoms with Gasteiger partial charge in [0.05, 0.1) is 4.92 Å². The lowest BCUT2D eigenvalue weighted by atomic mass is 10.2. The van der Waals surface area contributed by atoms with E-state index in [4.69, 9.17) is 0 Å². The van der Waals surface area contributed by atoms with Crippen LogP contribution in [0.4, 0.5) is 20.8 Å². The van der Waals surface area contributed by atoms with Gasteiger partial charge in [-0.25, -0.2) is 4.39 Å². The minimum atomic E-state index is -0.424. The fourth-order valence-corrected chi connectivity index (χ4v) is 2.97. The summed E-state index contributed by atoms with van der Waals surface area (Å²) in [4.78, 5) is 10.7. The summed E-state index contributed by atoms with van der Waals surface area (Å²) in [5, 5.41) is 14.9. The van der Waals surface area contributed by atoms with Gasteiger partial charge in [0, 0.05) is 15.8 Å². The van der Waals surface area contributed by atoms with E-state index in [-0.39, 0.29) is 5.00 Å². The molecule has 4 nitrogen and oxygen atoms in total. The number of benzene rings is 2. The van der Waals surface area contributed by atoms with Gasteiger partial charge in [0.1, 0.15) is 11.5 Å². The Kier molecular flexibility index (Phi) is 3.08. The monoisotopic (exact) mass is 288 g/mol. The largest absolute Gasteiger partial charge is 0.349 e. The summed E-state index contributed by atoms with van der Waals surface area (Å²) in [7, 11) is 0. The number of anilines is 2. The van der Waals surface area contributed by atoms with Crippen LogP contribution in [0.1, 0.15) is 0 Å². The second-order valence-electron chi connectivity index (χ2n) is 4.17. The van der Waals surface area contributed by atoms with E-state index < -0.39 is 10.7 Å². The molecule has 0 aliphatic rings. The second kappa shape index (κ2) is 4.90. The van der Waals surface area contributed by atoms with Crippen molar-refractivity contribution >= 4 is 37.8 Å². The molecule has 0 atom stereocenters. The first-order chi connectivity index (χ1) is 9.65. The van der Waals surface area contributed by atoms with Gasteiger partial charge in [0.2, 0.25) is 0 Å². The van der Waals surface area contributed by atoms with Gasteiger partial charge in [-0.2, -0.15) is 0 Å². The van der Waals surface area contributed by atoms with E-state index in [9.17, 15) is 14.5 Å². The molecule has 2 aromatic carbocycles. The van der Waals surface area contributed by atoms with E-state index in [1.165, 1.54) is 12.1 Å². The van der Waals surface area contributed by atoms with Crippen LogP contribution in [-0.2, 0) is 0 Å². The first kappa shape index (κ1) is 12.6. The van der Waals surface area contributed by atoms with Gasteiger partial charge in [-0.05, 0) is 24.3 Å². The topological polar surface area (TPSA) is 55.2 Å². The second-order valence-corrected chi connectivity index (χ2v) is 5.20. The van der Waals surface area contributed by atoms with Crippen LogP contribution < -0.4 is 5.32 Å². The molecule has 0 fully saturated rings. The zero-order valence-electron chi connectivity index (χ0n) is 10.2. The van der Waals surface area contributed by atoms with Crippen LogP contribution in [0.15, 0.2) is 48.5 Å². The van der Waals surface area contributed by atoms with E-state index in [1.54, 1.807) is 18.2 Å². The van der Waals surface area contributed by atoms with Crippen molar-refractivity contribution in [3.8, 4) is 0 Å². The highest BCUT2D eigenvalue weighted by atomic mass is 32.1. The maximum absolute atomic E-state index is 13.2. The fraction of sp³-hybridized carbons (Fsp3) is 0. The average molecular weight is 288 g/mol. The summed E-state index contributed by atoms with van der Waals surface area (Å²) in [6.45, 7) is 0. The van der Waals surface area contributed by atoms with Crippen LogP contribution in [0, 0.1) is 15.9 Å². The number of thiophene rings is 1. The van der Waals surface area contributed by atoms with Crippen molar-refractivity contribution in [3.63, 3.8) is 0 Å². The normalized spacial score (nSPS) is 10.7. The summed E-state index contributed by atoms with van der Waals surface area (Å²) in [5.41, 5.74) is 0.887. The standard InChI is InChI=1S/C14H9FN2O2S/c15-9-4-3-5-10(8-9)16-13-11-6-1-2-7-12(11)20-14(13)17(18)19/h1-8,16H. The summed E-state index contributed by atoms with van der Waals surface area (Å²) in [5.74, 6) is -0.391. The lowest BCUT2D eigenvalue weighted by Gasteiger charge is -2.04. The Morgan fingerprint density at radius 1 is 1.15 bits per heavy atom. The van der Waals surface area contributed by atoms with Crippen molar-refractivity contribution in [2.45, 2.75) is 0 Å². The fourth-order valence-electron chi connectivity index (χ4n) is 1.99. The Bertz CT molecular complexity index is 801. The average Bonchev–Trinajstić information content (AvgIpc) is 2.78. The molecule has 3 rings (SSSR count). The molecule has 1 N–H and O–H groups in total. The molecule has 0 saturated heterocycles. The number of halogens is 1. The summed E-state index contributed by atoms with van der Waals surface area (Å²) >= 11 is 1.10. The SMILES string of the molecule is O=[N+]([O-])c1sc2ccccc2c1Nc1cccc(F)c1. The predicted octanol–water partition coefficient (Wildman–Crippen LogP) is 4.69. The summed E-state index contributed by atoms with van der Waals surface area (Å²) < 4.78 is 14.0. The van der Waals surface area contributed by atoms with Gasteiger partial charge in [-0.3, -0.25) is 10.1 Å².